The number of hydrogen-bond acceptors (Lipinski definition) is 6. The van der Waals surface area contributed by atoms with Gasteiger partial charge in [0.05, 0.1) is 25.6 Å². The fourth-order valence-electron chi connectivity index (χ4n) is 1.90. The molecule has 1 N–H and O–H groups in total. The van der Waals surface area contributed by atoms with Crippen LogP contribution in [-0.4, -0.2) is 55.6 Å². The summed E-state index contributed by atoms with van der Waals surface area (Å²) >= 11 is 0. The van der Waals surface area contributed by atoms with E-state index in [4.69, 9.17) is 14.2 Å². The molecule has 1 aromatic heterocycles. The van der Waals surface area contributed by atoms with Crippen molar-refractivity contribution >= 4 is 11.9 Å². The van der Waals surface area contributed by atoms with E-state index in [9.17, 15) is 9.59 Å². The second-order valence-corrected chi connectivity index (χ2v) is 4.75. The monoisotopic (exact) mass is 333 g/mol. The molecule has 0 fully saturated rings. The van der Waals surface area contributed by atoms with Gasteiger partial charge >= 0.3 is 5.97 Å². The highest BCUT2D eigenvalue weighted by atomic mass is 16.5. The zero-order valence-corrected chi connectivity index (χ0v) is 13.5. The molecule has 2 rings (SSSR count). The van der Waals surface area contributed by atoms with Crippen LogP contribution in [0, 0.1) is 0 Å². The van der Waals surface area contributed by atoms with Crippen LogP contribution in [0.15, 0.2) is 36.5 Å². The first kappa shape index (κ1) is 17.5. The third-order valence-electron chi connectivity index (χ3n) is 3.08. The number of carbonyl (C=O) groups is 2. The molecule has 0 spiro atoms. The van der Waals surface area contributed by atoms with E-state index in [2.05, 4.69) is 10.4 Å². The first-order chi connectivity index (χ1) is 11.7. The molecule has 0 aliphatic rings. The highest BCUT2D eigenvalue weighted by Crippen LogP contribution is 2.20. The van der Waals surface area contributed by atoms with Gasteiger partial charge in [-0.1, -0.05) is 18.2 Å². The number of hydrogen-bond donors (Lipinski definition) is 1. The van der Waals surface area contributed by atoms with Crippen molar-refractivity contribution in [3.8, 4) is 11.4 Å². The Balaban J connectivity index is 2.01. The van der Waals surface area contributed by atoms with Gasteiger partial charge < -0.3 is 19.5 Å². The molecule has 0 atom stereocenters. The number of carbonyl (C=O) groups excluding carboxylic acids is 2. The summed E-state index contributed by atoms with van der Waals surface area (Å²) in [6.07, 6.45) is 1.57. The van der Waals surface area contributed by atoms with E-state index in [0.29, 0.717) is 13.2 Å². The van der Waals surface area contributed by atoms with Crippen LogP contribution in [0.1, 0.15) is 10.5 Å². The predicted molar refractivity (Wildman–Crippen MR) is 85.3 cm³/mol. The highest BCUT2D eigenvalue weighted by molar-refractivity contribution is 5.92. The Morgan fingerprint density at radius 2 is 1.96 bits per heavy atom. The number of rotatable bonds is 8. The summed E-state index contributed by atoms with van der Waals surface area (Å²) in [5.74, 6) is -0.881. The molecule has 2 aromatic rings. The molecule has 1 aromatic carbocycles. The predicted octanol–water partition coefficient (Wildman–Crippen LogP) is 0.800. The first-order valence-electron chi connectivity index (χ1n) is 7.27. The number of nitrogens with zero attached hydrogens (tertiary/aromatic N) is 2. The van der Waals surface area contributed by atoms with E-state index < -0.39 is 18.5 Å². The van der Waals surface area contributed by atoms with E-state index in [1.165, 1.54) is 18.9 Å². The van der Waals surface area contributed by atoms with Crippen molar-refractivity contribution in [2.24, 2.45) is 0 Å². The molecule has 0 aliphatic carbocycles. The van der Waals surface area contributed by atoms with Crippen molar-refractivity contribution in [3.63, 3.8) is 0 Å². The molecule has 1 amide bonds. The summed E-state index contributed by atoms with van der Waals surface area (Å²) in [5, 5.41) is 6.72. The average Bonchev–Trinajstić information content (AvgIpc) is 3.05. The molecule has 0 saturated heterocycles. The van der Waals surface area contributed by atoms with Gasteiger partial charge in [0.2, 0.25) is 5.69 Å². The molecule has 8 nitrogen and oxygen atoms in total. The zero-order valence-electron chi connectivity index (χ0n) is 13.5. The van der Waals surface area contributed by atoms with Crippen molar-refractivity contribution in [2.75, 3.05) is 34.0 Å². The Morgan fingerprint density at radius 3 is 2.62 bits per heavy atom. The summed E-state index contributed by atoms with van der Waals surface area (Å²) in [6.45, 7) is 0.331. The molecule has 0 bridgehead atoms. The number of nitrogens with one attached hydrogen (secondary N) is 1. The van der Waals surface area contributed by atoms with Gasteiger partial charge in [-0.25, -0.2) is 9.48 Å². The van der Waals surface area contributed by atoms with E-state index in [0.717, 1.165) is 5.69 Å². The molecule has 24 heavy (non-hydrogen) atoms. The normalized spacial score (nSPS) is 10.2. The maximum absolute atomic E-state index is 12.1. The summed E-state index contributed by atoms with van der Waals surface area (Å²) in [7, 11) is 2.96. The molecule has 0 radical (unpaired) electrons. The Labute approximate surface area is 139 Å². The summed E-state index contributed by atoms with van der Waals surface area (Å²) in [6, 6.07) is 9.26. The summed E-state index contributed by atoms with van der Waals surface area (Å²) in [5.41, 5.74) is 0.776. The van der Waals surface area contributed by atoms with E-state index in [-0.39, 0.29) is 11.4 Å². The molecule has 0 saturated carbocycles. The third-order valence-corrected chi connectivity index (χ3v) is 3.08. The van der Waals surface area contributed by atoms with Gasteiger partial charge in [-0.3, -0.25) is 4.79 Å². The fraction of sp³-hybridized carbons (Fsp3) is 0.312. The largest absolute Gasteiger partial charge is 0.493 e. The number of ether oxygens (including phenoxy) is 3. The number of para-hydroxylation sites is 1. The van der Waals surface area contributed by atoms with Crippen LogP contribution in [0.5, 0.6) is 5.75 Å². The Bertz CT molecular complexity index is 684. The lowest BCUT2D eigenvalue weighted by molar-refractivity contribution is -0.124. The SMILES string of the molecule is COCCNC(=O)COC(=O)c1nn(-c2ccccc2)cc1OC. The van der Waals surface area contributed by atoms with Gasteiger partial charge in [0.1, 0.15) is 0 Å². The minimum absolute atomic E-state index is 0.00560. The molecular weight excluding hydrogens is 314 g/mol. The molecular formula is C16H19N3O5. The topological polar surface area (TPSA) is 91.7 Å². The second kappa shape index (κ2) is 8.68. The van der Waals surface area contributed by atoms with Crippen molar-refractivity contribution in [1.82, 2.24) is 15.1 Å². The smallest absolute Gasteiger partial charge is 0.363 e. The average molecular weight is 333 g/mol. The Hall–Kier alpha value is -2.87. The Morgan fingerprint density at radius 1 is 1.21 bits per heavy atom. The minimum atomic E-state index is -0.733. The number of methoxy groups -OCH3 is 2. The van der Waals surface area contributed by atoms with Crippen molar-refractivity contribution < 1.29 is 23.8 Å². The van der Waals surface area contributed by atoms with Crippen LogP contribution >= 0.6 is 0 Å². The van der Waals surface area contributed by atoms with Gasteiger partial charge in [-0.15, -0.1) is 0 Å². The maximum atomic E-state index is 12.1. The van der Waals surface area contributed by atoms with E-state index >= 15 is 0 Å². The summed E-state index contributed by atoms with van der Waals surface area (Å²) in [4.78, 5) is 23.7. The lowest BCUT2D eigenvalue weighted by Crippen LogP contribution is -2.31. The molecule has 1 heterocycles. The number of aromatic nitrogens is 2. The van der Waals surface area contributed by atoms with E-state index in [1.54, 1.807) is 6.20 Å². The highest BCUT2D eigenvalue weighted by Gasteiger charge is 2.20. The zero-order chi connectivity index (χ0) is 17.4. The third kappa shape index (κ3) is 4.56. The van der Waals surface area contributed by atoms with Crippen LogP contribution < -0.4 is 10.1 Å². The van der Waals surface area contributed by atoms with Crippen LogP contribution in [0.4, 0.5) is 0 Å². The second-order valence-electron chi connectivity index (χ2n) is 4.75. The molecule has 8 heteroatoms. The van der Waals surface area contributed by atoms with Crippen molar-refractivity contribution in [2.45, 2.75) is 0 Å². The van der Waals surface area contributed by atoms with Gasteiger partial charge in [-0.05, 0) is 12.1 Å². The number of benzene rings is 1. The van der Waals surface area contributed by atoms with E-state index in [1.807, 2.05) is 30.3 Å². The standard InChI is InChI=1S/C16H19N3O5/c1-22-9-8-17-14(20)11-24-16(21)15-13(23-2)10-19(18-15)12-6-4-3-5-7-12/h3-7,10H,8-9,11H2,1-2H3,(H,17,20). The van der Waals surface area contributed by atoms with Crippen LogP contribution in [0.25, 0.3) is 5.69 Å². The maximum Gasteiger partial charge on any atom is 0.363 e. The van der Waals surface area contributed by atoms with Gasteiger partial charge in [0.25, 0.3) is 5.91 Å². The fourth-order valence-corrected chi connectivity index (χ4v) is 1.90. The van der Waals surface area contributed by atoms with Crippen LogP contribution in [-0.2, 0) is 14.3 Å². The van der Waals surface area contributed by atoms with Gasteiger partial charge in [0.15, 0.2) is 12.4 Å². The minimum Gasteiger partial charge on any atom is -0.493 e. The van der Waals surface area contributed by atoms with Crippen LogP contribution in [0.3, 0.4) is 0 Å². The molecule has 0 unspecified atom stereocenters. The molecule has 128 valence electrons. The number of esters is 1. The molecule has 0 aliphatic heterocycles. The number of amides is 1. The first-order valence-corrected chi connectivity index (χ1v) is 7.27. The van der Waals surface area contributed by atoms with Gasteiger partial charge in [-0.2, -0.15) is 5.10 Å². The summed E-state index contributed by atoms with van der Waals surface area (Å²) < 4.78 is 16.4. The van der Waals surface area contributed by atoms with Gasteiger partial charge in [0, 0.05) is 13.7 Å². The van der Waals surface area contributed by atoms with Crippen molar-refractivity contribution in [3.05, 3.63) is 42.2 Å². The van der Waals surface area contributed by atoms with Crippen molar-refractivity contribution in [1.29, 1.82) is 0 Å². The quantitative estimate of drug-likeness (QED) is 0.567. The lowest BCUT2D eigenvalue weighted by Gasteiger charge is -2.05. The Kier molecular flexibility index (Phi) is 6.32. The van der Waals surface area contributed by atoms with Crippen LogP contribution in [0.2, 0.25) is 0 Å². The lowest BCUT2D eigenvalue weighted by atomic mass is 10.3.